The van der Waals surface area contributed by atoms with E-state index in [-0.39, 0.29) is 23.8 Å². The molecule has 96 valence electrons. The summed E-state index contributed by atoms with van der Waals surface area (Å²) in [5.41, 5.74) is 5.25. The van der Waals surface area contributed by atoms with Crippen molar-refractivity contribution in [1.82, 2.24) is 10.2 Å². The number of carbonyl (C=O) groups excluding carboxylic acids is 2. The van der Waals surface area contributed by atoms with Crippen LogP contribution in [0.3, 0.4) is 0 Å². The van der Waals surface area contributed by atoms with Gasteiger partial charge in [-0.05, 0) is 32.2 Å². The molecule has 0 bridgehead atoms. The summed E-state index contributed by atoms with van der Waals surface area (Å²) in [7, 11) is 0. The summed E-state index contributed by atoms with van der Waals surface area (Å²) in [6.45, 7) is 2.48. The Hall–Kier alpha value is -1.10. The second-order valence-corrected chi connectivity index (χ2v) is 5.04. The van der Waals surface area contributed by atoms with E-state index < -0.39 is 0 Å². The van der Waals surface area contributed by atoms with Crippen LogP contribution in [0.5, 0.6) is 0 Å². The lowest BCUT2D eigenvalue weighted by molar-refractivity contribution is -0.139. The number of amides is 2. The number of hydrogen-bond donors (Lipinski definition) is 2. The molecule has 3 N–H and O–H groups in total. The molecule has 0 saturated carbocycles. The molecule has 2 aliphatic rings. The topological polar surface area (TPSA) is 75.4 Å². The van der Waals surface area contributed by atoms with E-state index in [9.17, 15) is 9.59 Å². The summed E-state index contributed by atoms with van der Waals surface area (Å²) < 4.78 is 0. The highest BCUT2D eigenvalue weighted by Crippen LogP contribution is 2.23. The van der Waals surface area contributed by atoms with E-state index in [4.69, 9.17) is 5.73 Å². The standard InChI is InChI=1S/C12H21N3O2/c13-11(16)7-10-3-1-2-6-15(10)12(17)9-4-5-14-8-9/h9-10,14H,1-8H2,(H2,13,16)/t9-,10+/m1/s1. The first kappa shape index (κ1) is 12.4. The molecule has 5 heteroatoms. The average molecular weight is 239 g/mol. The molecule has 2 heterocycles. The van der Waals surface area contributed by atoms with Gasteiger partial charge in [0.05, 0.1) is 5.92 Å². The van der Waals surface area contributed by atoms with Gasteiger partial charge < -0.3 is 16.0 Å². The monoisotopic (exact) mass is 239 g/mol. The molecular weight excluding hydrogens is 218 g/mol. The van der Waals surface area contributed by atoms with Gasteiger partial charge in [0.15, 0.2) is 0 Å². The number of piperidine rings is 1. The Morgan fingerprint density at radius 1 is 1.29 bits per heavy atom. The maximum atomic E-state index is 12.3. The van der Waals surface area contributed by atoms with Crippen LogP contribution < -0.4 is 11.1 Å². The molecule has 0 spiro atoms. The highest BCUT2D eigenvalue weighted by Gasteiger charge is 2.33. The molecule has 2 rings (SSSR count). The van der Waals surface area contributed by atoms with Crippen molar-refractivity contribution >= 4 is 11.8 Å². The third-order valence-corrected chi connectivity index (χ3v) is 3.76. The minimum Gasteiger partial charge on any atom is -0.370 e. The van der Waals surface area contributed by atoms with Crippen LogP contribution in [0, 0.1) is 5.92 Å². The minimum absolute atomic E-state index is 0.0364. The zero-order valence-electron chi connectivity index (χ0n) is 10.2. The van der Waals surface area contributed by atoms with Crippen LogP contribution in [0.1, 0.15) is 32.1 Å². The molecule has 2 fully saturated rings. The van der Waals surface area contributed by atoms with Crippen molar-refractivity contribution in [3.63, 3.8) is 0 Å². The van der Waals surface area contributed by atoms with Gasteiger partial charge in [-0.15, -0.1) is 0 Å². The van der Waals surface area contributed by atoms with Gasteiger partial charge in [0.25, 0.3) is 0 Å². The largest absolute Gasteiger partial charge is 0.370 e. The van der Waals surface area contributed by atoms with Gasteiger partial charge in [0, 0.05) is 25.6 Å². The van der Waals surface area contributed by atoms with Crippen molar-refractivity contribution in [1.29, 1.82) is 0 Å². The predicted molar refractivity (Wildman–Crippen MR) is 64.1 cm³/mol. The molecule has 0 radical (unpaired) electrons. The Balaban J connectivity index is 1.99. The fourth-order valence-electron chi connectivity index (χ4n) is 2.84. The number of carbonyl (C=O) groups is 2. The van der Waals surface area contributed by atoms with Crippen LogP contribution in [0.4, 0.5) is 0 Å². The van der Waals surface area contributed by atoms with Crippen LogP contribution >= 0.6 is 0 Å². The summed E-state index contributed by atoms with van der Waals surface area (Å²) in [4.78, 5) is 25.2. The van der Waals surface area contributed by atoms with E-state index in [2.05, 4.69) is 5.32 Å². The molecule has 2 saturated heterocycles. The lowest BCUT2D eigenvalue weighted by atomic mass is 9.96. The zero-order chi connectivity index (χ0) is 12.3. The van der Waals surface area contributed by atoms with Crippen molar-refractivity contribution in [2.24, 2.45) is 11.7 Å². The van der Waals surface area contributed by atoms with Gasteiger partial charge in [0.2, 0.25) is 11.8 Å². The van der Waals surface area contributed by atoms with E-state index in [1.165, 1.54) is 0 Å². The molecule has 0 aromatic heterocycles. The molecule has 17 heavy (non-hydrogen) atoms. The van der Waals surface area contributed by atoms with Crippen molar-refractivity contribution < 1.29 is 9.59 Å². The zero-order valence-corrected chi connectivity index (χ0v) is 10.2. The number of primary amides is 1. The van der Waals surface area contributed by atoms with E-state index >= 15 is 0 Å². The molecule has 2 aliphatic heterocycles. The Bertz CT molecular complexity index is 300. The summed E-state index contributed by atoms with van der Waals surface area (Å²) in [6, 6.07) is 0.0364. The number of likely N-dealkylation sites (tertiary alicyclic amines) is 1. The minimum atomic E-state index is -0.306. The van der Waals surface area contributed by atoms with Gasteiger partial charge in [-0.3, -0.25) is 9.59 Å². The van der Waals surface area contributed by atoms with Crippen LogP contribution in [-0.2, 0) is 9.59 Å². The quantitative estimate of drug-likeness (QED) is 0.719. The van der Waals surface area contributed by atoms with E-state index in [1.807, 2.05) is 4.90 Å². The highest BCUT2D eigenvalue weighted by atomic mass is 16.2. The smallest absolute Gasteiger partial charge is 0.227 e. The van der Waals surface area contributed by atoms with E-state index in [0.717, 1.165) is 45.3 Å². The molecule has 0 aromatic carbocycles. The summed E-state index contributed by atoms with van der Waals surface area (Å²) >= 11 is 0. The van der Waals surface area contributed by atoms with Crippen molar-refractivity contribution in [2.75, 3.05) is 19.6 Å². The van der Waals surface area contributed by atoms with Gasteiger partial charge in [0.1, 0.15) is 0 Å². The first-order valence-electron chi connectivity index (χ1n) is 6.48. The second-order valence-electron chi connectivity index (χ2n) is 5.04. The van der Waals surface area contributed by atoms with E-state index in [1.54, 1.807) is 0 Å². The maximum Gasteiger partial charge on any atom is 0.227 e. The Morgan fingerprint density at radius 2 is 2.12 bits per heavy atom. The fourth-order valence-corrected chi connectivity index (χ4v) is 2.84. The van der Waals surface area contributed by atoms with Gasteiger partial charge >= 0.3 is 0 Å². The van der Waals surface area contributed by atoms with Crippen molar-refractivity contribution in [2.45, 2.75) is 38.1 Å². The van der Waals surface area contributed by atoms with Crippen LogP contribution in [-0.4, -0.2) is 42.4 Å². The number of rotatable bonds is 3. The molecule has 2 atom stereocenters. The van der Waals surface area contributed by atoms with Crippen LogP contribution in [0.2, 0.25) is 0 Å². The second kappa shape index (κ2) is 5.49. The normalized spacial score (nSPS) is 29.3. The van der Waals surface area contributed by atoms with Crippen LogP contribution in [0.15, 0.2) is 0 Å². The third kappa shape index (κ3) is 2.97. The van der Waals surface area contributed by atoms with Crippen molar-refractivity contribution in [3.8, 4) is 0 Å². The van der Waals surface area contributed by atoms with Gasteiger partial charge in [-0.25, -0.2) is 0 Å². The predicted octanol–water partition coefficient (Wildman–Crippen LogP) is -0.148. The molecule has 2 amide bonds. The number of nitrogens with one attached hydrogen (secondary N) is 1. The van der Waals surface area contributed by atoms with Gasteiger partial charge in [-0.1, -0.05) is 0 Å². The Morgan fingerprint density at radius 3 is 2.76 bits per heavy atom. The number of hydrogen-bond acceptors (Lipinski definition) is 3. The number of nitrogens with two attached hydrogens (primary N) is 1. The summed E-state index contributed by atoms with van der Waals surface area (Å²) in [5.74, 6) is 0.00340. The molecule has 0 unspecified atom stereocenters. The highest BCUT2D eigenvalue weighted by molar-refractivity contribution is 5.81. The van der Waals surface area contributed by atoms with Crippen LogP contribution in [0.25, 0.3) is 0 Å². The van der Waals surface area contributed by atoms with Crippen molar-refractivity contribution in [3.05, 3.63) is 0 Å². The van der Waals surface area contributed by atoms with E-state index in [0.29, 0.717) is 6.42 Å². The average Bonchev–Trinajstić information content (AvgIpc) is 2.81. The lowest BCUT2D eigenvalue weighted by Crippen LogP contribution is -2.48. The fraction of sp³-hybridized carbons (Fsp3) is 0.833. The molecule has 0 aromatic rings. The maximum absolute atomic E-state index is 12.3. The molecule has 0 aliphatic carbocycles. The Kier molecular flexibility index (Phi) is 3.99. The SMILES string of the molecule is NC(=O)C[C@@H]1CCCCN1C(=O)[C@@H]1CCNC1. The summed E-state index contributed by atoms with van der Waals surface area (Å²) in [5, 5.41) is 3.21. The number of nitrogens with zero attached hydrogens (tertiary/aromatic N) is 1. The van der Waals surface area contributed by atoms with Gasteiger partial charge in [-0.2, -0.15) is 0 Å². The summed E-state index contributed by atoms with van der Waals surface area (Å²) in [6.07, 6.45) is 4.27. The first-order chi connectivity index (χ1) is 8.18. The lowest BCUT2D eigenvalue weighted by Gasteiger charge is -2.36. The molecule has 5 nitrogen and oxygen atoms in total. The first-order valence-corrected chi connectivity index (χ1v) is 6.48. The molecular formula is C12H21N3O2. The third-order valence-electron chi connectivity index (χ3n) is 3.76. The Labute approximate surface area is 102 Å².